The van der Waals surface area contributed by atoms with Gasteiger partial charge in [0.2, 0.25) is 10.0 Å². The highest BCUT2D eigenvalue weighted by atomic mass is 32.2. The Hall–Kier alpha value is -0.170. The van der Waals surface area contributed by atoms with Crippen LogP contribution in [-0.4, -0.2) is 57.4 Å². The minimum atomic E-state index is -3.14. The van der Waals surface area contributed by atoms with E-state index in [4.69, 9.17) is 4.74 Å². The van der Waals surface area contributed by atoms with Crippen LogP contribution >= 0.6 is 0 Å². The van der Waals surface area contributed by atoms with Crippen molar-refractivity contribution in [3.63, 3.8) is 0 Å². The van der Waals surface area contributed by atoms with E-state index in [0.717, 1.165) is 19.5 Å². The van der Waals surface area contributed by atoms with Crippen LogP contribution in [0.25, 0.3) is 0 Å². The van der Waals surface area contributed by atoms with E-state index in [1.54, 1.807) is 7.05 Å². The molecule has 2 atom stereocenters. The summed E-state index contributed by atoms with van der Waals surface area (Å²) in [5.74, 6) is 0.208. The summed E-state index contributed by atoms with van der Waals surface area (Å²) in [7, 11) is -1.48. The van der Waals surface area contributed by atoms with Crippen molar-refractivity contribution in [3.05, 3.63) is 0 Å². The molecular weight excluding hydrogens is 240 g/mol. The molecule has 5 nitrogen and oxygen atoms in total. The Kier molecular flexibility index (Phi) is 5.85. The molecule has 2 unspecified atom stereocenters. The van der Waals surface area contributed by atoms with E-state index in [0.29, 0.717) is 13.0 Å². The first-order valence-electron chi connectivity index (χ1n) is 6.27. The molecule has 1 rings (SSSR count). The predicted octanol–water partition coefficient (Wildman–Crippen LogP) is 0.425. The number of nitrogens with one attached hydrogen (secondary N) is 1. The van der Waals surface area contributed by atoms with E-state index in [2.05, 4.69) is 5.32 Å². The maximum atomic E-state index is 12.1. The van der Waals surface area contributed by atoms with Gasteiger partial charge in [-0.15, -0.1) is 0 Å². The van der Waals surface area contributed by atoms with E-state index >= 15 is 0 Å². The molecule has 0 saturated carbocycles. The van der Waals surface area contributed by atoms with Gasteiger partial charge in [-0.05, 0) is 32.9 Å². The van der Waals surface area contributed by atoms with Crippen molar-refractivity contribution in [1.29, 1.82) is 0 Å². The van der Waals surface area contributed by atoms with E-state index < -0.39 is 10.0 Å². The first kappa shape index (κ1) is 14.9. The smallest absolute Gasteiger partial charge is 0.214 e. The average molecular weight is 264 g/mol. The van der Waals surface area contributed by atoms with Crippen LogP contribution in [0.15, 0.2) is 0 Å². The maximum Gasteiger partial charge on any atom is 0.214 e. The van der Waals surface area contributed by atoms with Crippen LogP contribution in [0.5, 0.6) is 0 Å². The van der Waals surface area contributed by atoms with Gasteiger partial charge in [0, 0.05) is 13.7 Å². The molecule has 0 amide bonds. The van der Waals surface area contributed by atoms with Gasteiger partial charge in [-0.25, -0.2) is 8.42 Å². The zero-order valence-electron chi connectivity index (χ0n) is 11.0. The number of rotatable bonds is 7. The van der Waals surface area contributed by atoms with E-state index in [1.165, 1.54) is 4.31 Å². The fourth-order valence-electron chi connectivity index (χ4n) is 2.10. The fourth-order valence-corrected chi connectivity index (χ4v) is 3.59. The Morgan fingerprint density at radius 3 is 2.71 bits per heavy atom. The predicted molar refractivity (Wildman–Crippen MR) is 68.5 cm³/mol. The summed E-state index contributed by atoms with van der Waals surface area (Å²) in [4.78, 5) is 0. The fraction of sp³-hybridized carbons (Fsp3) is 1.00. The Balaban J connectivity index is 2.45. The molecule has 1 saturated heterocycles. The third-order valence-electron chi connectivity index (χ3n) is 3.25. The van der Waals surface area contributed by atoms with Crippen LogP contribution in [0.2, 0.25) is 0 Å². The highest BCUT2D eigenvalue weighted by Gasteiger charge is 2.33. The van der Waals surface area contributed by atoms with Crippen molar-refractivity contribution < 1.29 is 13.2 Å². The lowest BCUT2D eigenvalue weighted by molar-refractivity contribution is 0.102. The van der Waals surface area contributed by atoms with Gasteiger partial charge in [-0.2, -0.15) is 4.31 Å². The third-order valence-corrected chi connectivity index (χ3v) is 5.20. The Morgan fingerprint density at radius 1 is 1.47 bits per heavy atom. The van der Waals surface area contributed by atoms with Gasteiger partial charge in [-0.3, -0.25) is 0 Å². The zero-order chi connectivity index (χ0) is 12.9. The van der Waals surface area contributed by atoms with Crippen molar-refractivity contribution in [2.24, 2.45) is 0 Å². The lowest BCUT2D eigenvalue weighted by Gasteiger charge is -2.26. The molecule has 1 heterocycles. The number of hydrogen-bond donors (Lipinski definition) is 1. The van der Waals surface area contributed by atoms with Crippen molar-refractivity contribution in [3.8, 4) is 0 Å². The second kappa shape index (κ2) is 6.68. The minimum absolute atomic E-state index is 0.000802. The van der Waals surface area contributed by atoms with Gasteiger partial charge in [0.15, 0.2) is 0 Å². The molecule has 0 bridgehead atoms. The molecule has 1 fully saturated rings. The monoisotopic (exact) mass is 264 g/mol. The molecule has 0 aromatic heterocycles. The zero-order valence-corrected chi connectivity index (χ0v) is 11.8. The molecule has 0 aliphatic carbocycles. The normalized spacial score (nSPS) is 25.6. The van der Waals surface area contributed by atoms with Gasteiger partial charge >= 0.3 is 0 Å². The van der Waals surface area contributed by atoms with Gasteiger partial charge in [-0.1, -0.05) is 6.92 Å². The molecule has 6 heteroatoms. The number of likely N-dealkylation sites (N-methyl/N-ethyl adjacent to an activating group) is 1. The SMILES string of the molecule is CCNCCCS(=O)(=O)N(C)C1CCOC1C. The number of nitrogens with zero attached hydrogens (tertiary/aromatic N) is 1. The molecule has 17 heavy (non-hydrogen) atoms. The largest absolute Gasteiger partial charge is 0.377 e. The standard InChI is InChI=1S/C11H24N2O3S/c1-4-12-7-5-9-17(14,15)13(3)11-6-8-16-10(11)2/h10-12H,4-9H2,1-3H3. The van der Waals surface area contributed by atoms with Crippen LogP contribution in [0.1, 0.15) is 26.7 Å². The Bertz CT molecular complexity index is 319. The topological polar surface area (TPSA) is 58.6 Å². The first-order valence-corrected chi connectivity index (χ1v) is 7.88. The molecule has 0 aromatic rings. The van der Waals surface area contributed by atoms with Crippen LogP contribution < -0.4 is 5.32 Å². The highest BCUT2D eigenvalue weighted by Crippen LogP contribution is 2.21. The summed E-state index contributed by atoms with van der Waals surface area (Å²) in [5, 5.41) is 3.13. The van der Waals surface area contributed by atoms with Gasteiger partial charge in [0.1, 0.15) is 0 Å². The lowest BCUT2D eigenvalue weighted by Crippen LogP contribution is -2.42. The Labute approximate surface area is 105 Å². The van der Waals surface area contributed by atoms with Crippen molar-refractivity contribution in [1.82, 2.24) is 9.62 Å². The summed E-state index contributed by atoms with van der Waals surface area (Å²) in [6.45, 7) is 6.23. The maximum absolute atomic E-state index is 12.1. The minimum Gasteiger partial charge on any atom is -0.377 e. The molecule has 102 valence electrons. The van der Waals surface area contributed by atoms with E-state index in [9.17, 15) is 8.42 Å². The molecule has 0 spiro atoms. The average Bonchev–Trinajstić information content (AvgIpc) is 2.70. The quantitative estimate of drug-likeness (QED) is 0.677. The van der Waals surface area contributed by atoms with Crippen molar-refractivity contribution in [2.75, 3.05) is 32.5 Å². The van der Waals surface area contributed by atoms with Crippen molar-refractivity contribution >= 4 is 10.0 Å². The van der Waals surface area contributed by atoms with Gasteiger partial charge < -0.3 is 10.1 Å². The van der Waals surface area contributed by atoms with Crippen LogP contribution in [0.4, 0.5) is 0 Å². The lowest BCUT2D eigenvalue weighted by atomic mass is 10.2. The van der Waals surface area contributed by atoms with E-state index in [1.807, 2.05) is 13.8 Å². The van der Waals surface area contributed by atoms with Gasteiger partial charge in [0.05, 0.1) is 17.9 Å². The number of ether oxygens (including phenoxy) is 1. The second-order valence-electron chi connectivity index (χ2n) is 4.47. The van der Waals surface area contributed by atoms with Crippen molar-refractivity contribution in [2.45, 2.75) is 38.8 Å². The number of hydrogen-bond acceptors (Lipinski definition) is 4. The summed E-state index contributed by atoms with van der Waals surface area (Å²) in [6, 6.07) is -0.000802. The highest BCUT2D eigenvalue weighted by molar-refractivity contribution is 7.89. The molecular formula is C11H24N2O3S. The summed E-state index contributed by atoms with van der Waals surface area (Å²) < 4.78 is 31.0. The summed E-state index contributed by atoms with van der Waals surface area (Å²) >= 11 is 0. The Morgan fingerprint density at radius 2 is 2.18 bits per heavy atom. The molecule has 1 N–H and O–H groups in total. The van der Waals surface area contributed by atoms with Gasteiger partial charge in [0.25, 0.3) is 0 Å². The molecule has 1 aliphatic heterocycles. The molecule has 0 aromatic carbocycles. The third kappa shape index (κ3) is 4.21. The van der Waals surface area contributed by atoms with Crippen LogP contribution in [-0.2, 0) is 14.8 Å². The first-order chi connectivity index (χ1) is 7.99. The summed E-state index contributed by atoms with van der Waals surface area (Å²) in [6.07, 6.45) is 1.45. The number of sulfonamides is 1. The molecule has 0 radical (unpaired) electrons. The van der Waals surface area contributed by atoms with Crippen LogP contribution in [0.3, 0.4) is 0 Å². The molecule has 1 aliphatic rings. The van der Waals surface area contributed by atoms with Crippen LogP contribution in [0, 0.1) is 0 Å². The summed E-state index contributed by atoms with van der Waals surface area (Å²) in [5.41, 5.74) is 0. The van der Waals surface area contributed by atoms with E-state index in [-0.39, 0.29) is 17.9 Å². The second-order valence-corrected chi connectivity index (χ2v) is 6.62.